The predicted molar refractivity (Wildman–Crippen MR) is 66.9 cm³/mol. The third-order valence-corrected chi connectivity index (χ3v) is 2.67. The van der Waals surface area contributed by atoms with Crippen molar-refractivity contribution in [2.75, 3.05) is 19.0 Å². The predicted octanol–water partition coefficient (Wildman–Crippen LogP) is 3.06. The zero-order chi connectivity index (χ0) is 12.0. The van der Waals surface area contributed by atoms with E-state index in [0.29, 0.717) is 23.7 Å². The maximum absolute atomic E-state index is 11.2. The van der Waals surface area contributed by atoms with Gasteiger partial charge in [-0.25, -0.2) is 0 Å². The highest BCUT2D eigenvalue weighted by Crippen LogP contribution is 2.28. The van der Waals surface area contributed by atoms with E-state index in [2.05, 4.69) is 15.9 Å². The van der Waals surface area contributed by atoms with Gasteiger partial charge in [0.25, 0.3) is 0 Å². The molecule has 0 aromatic heterocycles. The minimum absolute atomic E-state index is 0.0188. The van der Waals surface area contributed by atoms with Crippen LogP contribution >= 0.6 is 15.9 Å². The smallest absolute Gasteiger partial charge is 0.161 e. The third-order valence-electron chi connectivity index (χ3n) is 2.11. The van der Waals surface area contributed by atoms with Gasteiger partial charge < -0.3 is 9.47 Å². The number of ether oxygens (including phenoxy) is 2. The molecule has 0 aliphatic heterocycles. The second-order valence-electron chi connectivity index (χ2n) is 3.31. The van der Waals surface area contributed by atoms with Crippen molar-refractivity contribution in [2.24, 2.45) is 0 Å². The highest BCUT2D eigenvalue weighted by atomic mass is 79.9. The highest BCUT2D eigenvalue weighted by molar-refractivity contribution is 9.09. The molecule has 16 heavy (non-hydrogen) atoms. The largest absolute Gasteiger partial charge is 0.493 e. The third kappa shape index (κ3) is 3.52. The van der Waals surface area contributed by atoms with Crippen molar-refractivity contribution in [3.05, 3.63) is 23.8 Å². The number of hydrogen-bond donors (Lipinski definition) is 0. The Hall–Kier alpha value is -1.03. The van der Waals surface area contributed by atoms with Crippen molar-refractivity contribution >= 4 is 21.7 Å². The van der Waals surface area contributed by atoms with Crippen LogP contribution in [0.15, 0.2) is 18.2 Å². The molecule has 0 fully saturated rings. The van der Waals surface area contributed by atoms with Gasteiger partial charge >= 0.3 is 0 Å². The summed E-state index contributed by atoms with van der Waals surface area (Å²) in [6, 6.07) is 5.21. The van der Waals surface area contributed by atoms with Crippen LogP contribution in [0.5, 0.6) is 11.5 Å². The zero-order valence-electron chi connectivity index (χ0n) is 9.46. The number of carbonyl (C=O) groups is 1. The van der Waals surface area contributed by atoms with Crippen molar-refractivity contribution in [3.63, 3.8) is 0 Å². The van der Waals surface area contributed by atoms with Gasteiger partial charge in [-0.3, -0.25) is 4.79 Å². The van der Waals surface area contributed by atoms with Crippen LogP contribution in [-0.4, -0.2) is 24.8 Å². The van der Waals surface area contributed by atoms with E-state index < -0.39 is 0 Å². The molecule has 0 amide bonds. The summed E-state index contributed by atoms with van der Waals surface area (Å²) in [5.74, 6) is 1.29. The summed E-state index contributed by atoms with van der Waals surface area (Å²) in [6.45, 7) is 2.15. The van der Waals surface area contributed by atoms with E-state index in [1.165, 1.54) is 6.92 Å². The Labute approximate surface area is 104 Å². The molecule has 0 spiro atoms. The number of hydrogen-bond acceptors (Lipinski definition) is 3. The Bertz CT molecular complexity index is 363. The lowest BCUT2D eigenvalue weighted by atomic mass is 10.1. The summed E-state index contributed by atoms with van der Waals surface area (Å²) in [7, 11) is 1.57. The van der Waals surface area contributed by atoms with Crippen LogP contribution in [0, 0.1) is 0 Å². The SMILES string of the molecule is COc1cc(C(C)=O)ccc1OCCCBr. The number of benzene rings is 1. The van der Waals surface area contributed by atoms with Crippen LogP contribution in [0.4, 0.5) is 0 Å². The van der Waals surface area contributed by atoms with E-state index in [1.807, 2.05) is 0 Å². The number of methoxy groups -OCH3 is 1. The Morgan fingerprint density at radius 3 is 2.69 bits per heavy atom. The number of halogens is 1. The van der Waals surface area contributed by atoms with Crippen LogP contribution in [0.3, 0.4) is 0 Å². The molecule has 0 aliphatic rings. The monoisotopic (exact) mass is 286 g/mol. The van der Waals surface area contributed by atoms with Crippen molar-refractivity contribution in [1.82, 2.24) is 0 Å². The summed E-state index contributed by atoms with van der Waals surface area (Å²) >= 11 is 3.33. The molecular weight excluding hydrogens is 272 g/mol. The van der Waals surface area contributed by atoms with Crippen LogP contribution in [0.1, 0.15) is 23.7 Å². The number of rotatable bonds is 6. The van der Waals surface area contributed by atoms with Crippen molar-refractivity contribution < 1.29 is 14.3 Å². The molecular formula is C12H15BrO3. The maximum atomic E-state index is 11.2. The van der Waals surface area contributed by atoms with Gasteiger partial charge in [-0.2, -0.15) is 0 Å². The number of ketones is 1. The molecule has 0 heterocycles. The van der Waals surface area contributed by atoms with E-state index >= 15 is 0 Å². The molecule has 0 aliphatic carbocycles. The van der Waals surface area contributed by atoms with E-state index in [-0.39, 0.29) is 5.78 Å². The molecule has 0 atom stereocenters. The average Bonchev–Trinajstić information content (AvgIpc) is 2.29. The Morgan fingerprint density at radius 1 is 1.38 bits per heavy atom. The maximum Gasteiger partial charge on any atom is 0.161 e. The lowest BCUT2D eigenvalue weighted by Gasteiger charge is -2.10. The second kappa shape index (κ2) is 6.53. The Balaban J connectivity index is 2.80. The summed E-state index contributed by atoms with van der Waals surface area (Å²) in [4.78, 5) is 11.2. The molecule has 0 bridgehead atoms. The second-order valence-corrected chi connectivity index (χ2v) is 4.11. The number of Topliss-reactive ketones (excluding diaryl/α,β-unsaturated/α-hetero) is 1. The van der Waals surface area contributed by atoms with Gasteiger partial charge in [0.15, 0.2) is 17.3 Å². The van der Waals surface area contributed by atoms with Crippen molar-refractivity contribution in [2.45, 2.75) is 13.3 Å². The van der Waals surface area contributed by atoms with Crippen LogP contribution < -0.4 is 9.47 Å². The summed E-state index contributed by atoms with van der Waals surface area (Å²) in [5.41, 5.74) is 0.629. The van der Waals surface area contributed by atoms with Gasteiger partial charge in [0.1, 0.15) is 0 Å². The first-order valence-electron chi connectivity index (χ1n) is 5.06. The molecule has 3 nitrogen and oxygen atoms in total. The lowest BCUT2D eigenvalue weighted by molar-refractivity contribution is 0.101. The quantitative estimate of drug-likeness (QED) is 0.458. The Kier molecular flexibility index (Phi) is 5.32. The van der Waals surface area contributed by atoms with Gasteiger partial charge in [0.2, 0.25) is 0 Å². The summed E-state index contributed by atoms with van der Waals surface area (Å²) in [5, 5.41) is 0.904. The van der Waals surface area contributed by atoms with Gasteiger partial charge in [-0.05, 0) is 31.5 Å². The molecule has 1 aromatic carbocycles. The highest BCUT2D eigenvalue weighted by Gasteiger charge is 2.07. The van der Waals surface area contributed by atoms with Gasteiger partial charge in [0, 0.05) is 10.9 Å². The zero-order valence-corrected chi connectivity index (χ0v) is 11.0. The van der Waals surface area contributed by atoms with E-state index in [1.54, 1.807) is 25.3 Å². The van der Waals surface area contributed by atoms with Crippen LogP contribution in [0.25, 0.3) is 0 Å². The number of carbonyl (C=O) groups excluding carboxylic acids is 1. The fraction of sp³-hybridized carbons (Fsp3) is 0.417. The molecule has 0 unspecified atom stereocenters. The normalized spacial score (nSPS) is 9.94. The topological polar surface area (TPSA) is 35.5 Å². The molecule has 1 rings (SSSR count). The molecule has 0 saturated carbocycles. The van der Waals surface area contributed by atoms with Crippen LogP contribution in [0.2, 0.25) is 0 Å². The van der Waals surface area contributed by atoms with E-state index in [0.717, 1.165) is 11.8 Å². The standard InChI is InChI=1S/C12H15BrO3/c1-9(14)10-4-5-11(12(8-10)15-2)16-7-3-6-13/h4-5,8H,3,6-7H2,1-2H3. The first kappa shape index (κ1) is 13.0. The molecule has 88 valence electrons. The number of alkyl halides is 1. The average molecular weight is 287 g/mol. The summed E-state index contributed by atoms with van der Waals surface area (Å²) < 4.78 is 10.7. The van der Waals surface area contributed by atoms with E-state index in [4.69, 9.17) is 9.47 Å². The first-order valence-corrected chi connectivity index (χ1v) is 6.19. The molecule has 0 N–H and O–H groups in total. The lowest BCUT2D eigenvalue weighted by Crippen LogP contribution is -2.01. The Morgan fingerprint density at radius 2 is 2.12 bits per heavy atom. The van der Waals surface area contributed by atoms with E-state index in [9.17, 15) is 4.79 Å². The minimum atomic E-state index is 0.0188. The van der Waals surface area contributed by atoms with Crippen molar-refractivity contribution in [3.8, 4) is 11.5 Å². The molecule has 4 heteroatoms. The molecule has 0 radical (unpaired) electrons. The van der Waals surface area contributed by atoms with Crippen LogP contribution in [-0.2, 0) is 0 Å². The first-order chi connectivity index (χ1) is 7.69. The fourth-order valence-corrected chi connectivity index (χ4v) is 1.47. The van der Waals surface area contributed by atoms with Gasteiger partial charge in [-0.1, -0.05) is 15.9 Å². The van der Waals surface area contributed by atoms with Crippen molar-refractivity contribution in [1.29, 1.82) is 0 Å². The summed E-state index contributed by atoms with van der Waals surface area (Å²) in [6.07, 6.45) is 0.928. The fourth-order valence-electron chi connectivity index (χ4n) is 1.24. The van der Waals surface area contributed by atoms with Gasteiger partial charge in [0.05, 0.1) is 13.7 Å². The minimum Gasteiger partial charge on any atom is -0.493 e. The molecule has 0 saturated heterocycles. The van der Waals surface area contributed by atoms with Gasteiger partial charge in [-0.15, -0.1) is 0 Å². The molecule has 1 aromatic rings.